The Morgan fingerprint density at radius 3 is 0.950 bits per heavy atom. The molecule has 20 heavy (non-hydrogen) atoms. The van der Waals surface area contributed by atoms with Crippen LogP contribution in [-0.4, -0.2) is 36.1 Å². The number of rotatable bonds is 16. The summed E-state index contributed by atoms with van der Waals surface area (Å²) in [5.41, 5.74) is 5.48. The molecule has 2 N–H and O–H groups in total. The van der Waals surface area contributed by atoms with E-state index in [1.54, 1.807) is 0 Å². The van der Waals surface area contributed by atoms with E-state index in [0.29, 0.717) is 0 Å². The van der Waals surface area contributed by atoms with Gasteiger partial charge in [-0.25, -0.2) is 0 Å². The second-order valence-corrected chi connectivity index (χ2v) is 6.09. The van der Waals surface area contributed by atoms with Gasteiger partial charge >= 0.3 is 29.6 Å². The van der Waals surface area contributed by atoms with E-state index < -0.39 is 0 Å². The topological polar surface area (TPSA) is 26.0 Å². The third-order valence-corrected chi connectivity index (χ3v) is 4.06. The molecule has 0 unspecified atom stereocenters. The summed E-state index contributed by atoms with van der Waals surface area (Å²) >= 11 is 0. The van der Waals surface area contributed by atoms with E-state index in [-0.39, 0.29) is 29.6 Å². The Bertz CT molecular complexity index is 134. The van der Waals surface area contributed by atoms with Gasteiger partial charge in [0.2, 0.25) is 0 Å². The molecule has 0 aliphatic rings. The quantitative estimate of drug-likeness (QED) is 0.293. The van der Waals surface area contributed by atoms with Gasteiger partial charge in [0.15, 0.2) is 0 Å². The number of unbranched alkanes of at least 4 members (excludes halogenated alkanes) is 15. The fourth-order valence-electron chi connectivity index (χ4n) is 2.69. The molecule has 0 aliphatic heterocycles. The SMILES string of the molecule is CCCCCCCCCCCCCCCCCCN.[NaH]. The van der Waals surface area contributed by atoms with Crippen molar-refractivity contribution < 1.29 is 0 Å². The molecule has 0 heterocycles. The molecule has 0 aliphatic carbocycles. The number of nitrogens with two attached hydrogens (primary N) is 1. The van der Waals surface area contributed by atoms with Crippen LogP contribution in [0.2, 0.25) is 0 Å². The predicted molar refractivity (Wildman–Crippen MR) is 95.7 cm³/mol. The summed E-state index contributed by atoms with van der Waals surface area (Å²) in [4.78, 5) is 0. The van der Waals surface area contributed by atoms with E-state index >= 15 is 0 Å². The van der Waals surface area contributed by atoms with Crippen molar-refractivity contribution in [2.45, 2.75) is 110 Å². The normalized spacial score (nSPS) is 10.5. The monoisotopic (exact) mass is 293 g/mol. The summed E-state index contributed by atoms with van der Waals surface area (Å²) in [5.74, 6) is 0. The second-order valence-electron chi connectivity index (χ2n) is 6.09. The Morgan fingerprint density at radius 1 is 0.450 bits per heavy atom. The van der Waals surface area contributed by atoms with Crippen LogP contribution in [0.4, 0.5) is 0 Å². The van der Waals surface area contributed by atoms with Crippen LogP contribution in [0.5, 0.6) is 0 Å². The molecule has 0 aromatic carbocycles. The summed E-state index contributed by atoms with van der Waals surface area (Å²) in [6.45, 7) is 3.16. The van der Waals surface area contributed by atoms with Gasteiger partial charge in [-0.3, -0.25) is 0 Å². The van der Waals surface area contributed by atoms with Gasteiger partial charge in [0.1, 0.15) is 0 Å². The molecule has 0 atom stereocenters. The first-order chi connectivity index (χ1) is 9.41. The minimum atomic E-state index is 0. The van der Waals surface area contributed by atoms with Gasteiger partial charge in [-0.2, -0.15) is 0 Å². The summed E-state index contributed by atoms with van der Waals surface area (Å²) in [6, 6.07) is 0. The van der Waals surface area contributed by atoms with Crippen LogP contribution in [0, 0.1) is 0 Å². The van der Waals surface area contributed by atoms with Crippen LogP contribution in [0.1, 0.15) is 110 Å². The van der Waals surface area contributed by atoms with Gasteiger partial charge in [0.25, 0.3) is 0 Å². The predicted octanol–water partition coefficient (Wildman–Crippen LogP) is 5.56. The van der Waals surface area contributed by atoms with Crippen molar-refractivity contribution in [3.05, 3.63) is 0 Å². The Balaban J connectivity index is 0. The summed E-state index contributed by atoms with van der Waals surface area (Å²) in [6.07, 6.45) is 22.9. The van der Waals surface area contributed by atoms with Gasteiger partial charge in [-0.1, -0.05) is 103 Å². The molecule has 0 amide bonds. The molecule has 0 saturated heterocycles. The van der Waals surface area contributed by atoms with Crippen LogP contribution < -0.4 is 5.73 Å². The fraction of sp³-hybridized carbons (Fsp3) is 1.00. The van der Waals surface area contributed by atoms with Crippen LogP contribution in [-0.2, 0) is 0 Å². The van der Waals surface area contributed by atoms with Crippen LogP contribution in [0.25, 0.3) is 0 Å². The average Bonchev–Trinajstić information content (AvgIpc) is 2.43. The Hall–Kier alpha value is 0.960. The van der Waals surface area contributed by atoms with Gasteiger partial charge < -0.3 is 5.73 Å². The van der Waals surface area contributed by atoms with Gasteiger partial charge in [0, 0.05) is 0 Å². The van der Waals surface area contributed by atoms with E-state index in [1.165, 1.54) is 103 Å². The third-order valence-electron chi connectivity index (χ3n) is 4.06. The molecule has 0 spiro atoms. The molecule has 0 radical (unpaired) electrons. The maximum atomic E-state index is 5.48. The molecule has 0 aromatic rings. The Labute approximate surface area is 151 Å². The third kappa shape index (κ3) is 21.3. The van der Waals surface area contributed by atoms with Crippen molar-refractivity contribution in [2.24, 2.45) is 5.73 Å². The fourth-order valence-corrected chi connectivity index (χ4v) is 2.69. The molecule has 0 bridgehead atoms. The molecular weight excluding hydrogens is 253 g/mol. The molecule has 2 heteroatoms. The van der Waals surface area contributed by atoms with E-state index in [9.17, 15) is 0 Å². The van der Waals surface area contributed by atoms with Crippen LogP contribution in [0.15, 0.2) is 0 Å². The van der Waals surface area contributed by atoms with Gasteiger partial charge in [-0.05, 0) is 13.0 Å². The van der Waals surface area contributed by atoms with E-state index in [2.05, 4.69) is 6.92 Å². The molecule has 0 saturated carbocycles. The molecule has 0 aromatic heterocycles. The minimum absolute atomic E-state index is 0. The van der Waals surface area contributed by atoms with E-state index in [4.69, 9.17) is 5.73 Å². The Kier molecular flexibility index (Phi) is 25.8. The molecule has 118 valence electrons. The van der Waals surface area contributed by atoms with Gasteiger partial charge in [-0.15, -0.1) is 0 Å². The summed E-state index contributed by atoms with van der Waals surface area (Å²) < 4.78 is 0. The van der Waals surface area contributed by atoms with Crippen molar-refractivity contribution in [3.63, 3.8) is 0 Å². The van der Waals surface area contributed by atoms with Crippen molar-refractivity contribution in [1.82, 2.24) is 0 Å². The number of hydrogen-bond donors (Lipinski definition) is 1. The van der Waals surface area contributed by atoms with Gasteiger partial charge in [0.05, 0.1) is 0 Å². The van der Waals surface area contributed by atoms with Crippen molar-refractivity contribution in [3.8, 4) is 0 Å². The molecule has 0 fully saturated rings. The standard InChI is InChI=1S/C18H39N.Na.H/c1-2-3-4-5-6-7-8-9-10-11-12-13-14-15-16-17-18-19;;/h2-19H2,1H3;;. The van der Waals surface area contributed by atoms with E-state index in [0.717, 1.165) is 6.54 Å². The van der Waals surface area contributed by atoms with Crippen molar-refractivity contribution in [1.29, 1.82) is 0 Å². The summed E-state index contributed by atoms with van der Waals surface area (Å²) in [7, 11) is 0. The van der Waals surface area contributed by atoms with Crippen molar-refractivity contribution >= 4 is 29.6 Å². The first-order valence-electron chi connectivity index (χ1n) is 9.12. The van der Waals surface area contributed by atoms with Crippen LogP contribution >= 0.6 is 0 Å². The van der Waals surface area contributed by atoms with E-state index in [1.807, 2.05) is 0 Å². The Morgan fingerprint density at radius 2 is 0.700 bits per heavy atom. The molecule has 0 rings (SSSR count). The van der Waals surface area contributed by atoms with Crippen LogP contribution in [0.3, 0.4) is 0 Å². The first kappa shape index (κ1) is 23.2. The maximum absolute atomic E-state index is 5.48. The zero-order chi connectivity index (χ0) is 14.0. The second kappa shape index (κ2) is 22.2. The first-order valence-corrected chi connectivity index (χ1v) is 9.12. The zero-order valence-corrected chi connectivity index (χ0v) is 13.6. The summed E-state index contributed by atoms with van der Waals surface area (Å²) in [5, 5.41) is 0. The average molecular weight is 294 g/mol. The zero-order valence-electron chi connectivity index (χ0n) is 13.6. The number of hydrogen-bond acceptors (Lipinski definition) is 1. The van der Waals surface area contributed by atoms with Crippen molar-refractivity contribution in [2.75, 3.05) is 6.54 Å². The molecular formula is C18H40NNa. The molecule has 1 nitrogen and oxygen atoms in total.